The first kappa shape index (κ1) is 12.9. The number of hydrogen-bond donors (Lipinski definition) is 1. The lowest BCUT2D eigenvalue weighted by Gasteiger charge is -2.16. The number of ether oxygens (including phenoxy) is 1. The van der Waals surface area contributed by atoms with Gasteiger partial charge >= 0.3 is 0 Å². The van der Waals surface area contributed by atoms with Crippen LogP contribution in [0, 0.1) is 0 Å². The second-order valence-corrected chi connectivity index (χ2v) is 4.36. The first-order valence-corrected chi connectivity index (χ1v) is 6.25. The van der Waals surface area contributed by atoms with Crippen LogP contribution in [-0.2, 0) is 0 Å². The molecular formula is C15H15ClO2. The van der Waals surface area contributed by atoms with Crippen LogP contribution in [0.25, 0.3) is 0 Å². The summed E-state index contributed by atoms with van der Waals surface area (Å²) in [4.78, 5) is 0. The van der Waals surface area contributed by atoms with Crippen LogP contribution in [0.5, 0.6) is 5.75 Å². The zero-order chi connectivity index (χ0) is 13.0. The number of hydrogen-bond acceptors (Lipinski definition) is 2. The summed E-state index contributed by atoms with van der Waals surface area (Å²) < 4.78 is 5.52. The highest BCUT2D eigenvalue weighted by Gasteiger charge is 2.15. The molecule has 0 saturated heterocycles. The van der Waals surface area contributed by atoms with Crippen molar-refractivity contribution in [1.82, 2.24) is 0 Å². The van der Waals surface area contributed by atoms with Crippen molar-refractivity contribution in [3.63, 3.8) is 0 Å². The summed E-state index contributed by atoms with van der Waals surface area (Å²) in [5, 5.41) is 11.0. The van der Waals surface area contributed by atoms with Gasteiger partial charge < -0.3 is 9.84 Å². The van der Waals surface area contributed by atoms with Crippen molar-refractivity contribution in [2.24, 2.45) is 0 Å². The smallest absolute Gasteiger partial charge is 0.125 e. The van der Waals surface area contributed by atoms with Crippen LogP contribution in [0.15, 0.2) is 48.5 Å². The van der Waals surface area contributed by atoms with Crippen molar-refractivity contribution < 1.29 is 9.84 Å². The normalized spacial score (nSPS) is 12.2. The maximum atomic E-state index is 10.4. The Balaban J connectivity index is 2.40. The van der Waals surface area contributed by atoms with Crippen LogP contribution in [0.2, 0.25) is 5.02 Å². The molecule has 3 heteroatoms. The number of aliphatic hydroxyl groups excluding tert-OH is 1. The Bertz CT molecular complexity index is 511. The molecule has 0 saturated carbocycles. The molecule has 0 amide bonds. The molecule has 2 rings (SSSR count). The summed E-state index contributed by atoms with van der Waals surface area (Å²) in [5.74, 6) is 0.665. The Hall–Kier alpha value is -1.51. The molecule has 0 aliphatic heterocycles. The Morgan fingerprint density at radius 2 is 1.89 bits per heavy atom. The summed E-state index contributed by atoms with van der Waals surface area (Å²) in [6, 6.07) is 14.7. The summed E-state index contributed by atoms with van der Waals surface area (Å²) in [5.41, 5.74) is 1.51. The topological polar surface area (TPSA) is 29.5 Å². The molecule has 0 aliphatic rings. The Labute approximate surface area is 112 Å². The first-order chi connectivity index (χ1) is 8.72. The summed E-state index contributed by atoms with van der Waals surface area (Å²) in [6.07, 6.45) is -0.730. The largest absolute Gasteiger partial charge is 0.493 e. The van der Waals surface area contributed by atoms with Crippen molar-refractivity contribution in [2.45, 2.75) is 13.0 Å². The monoisotopic (exact) mass is 262 g/mol. The van der Waals surface area contributed by atoms with Gasteiger partial charge in [0, 0.05) is 10.6 Å². The van der Waals surface area contributed by atoms with Gasteiger partial charge in [-0.1, -0.05) is 41.9 Å². The summed E-state index contributed by atoms with van der Waals surface area (Å²) >= 11 is 5.98. The Morgan fingerprint density at radius 3 is 2.56 bits per heavy atom. The highest BCUT2D eigenvalue weighted by molar-refractivity contribution is 6.30. The molecule has 0 heterocycles. The molecule has 0 radical (unpaired) electrons. The third kappa shape index (κ3) is 2.84. The van der Waals surface area contributed by atoms with Gasteiger partial charge in [0.2, 0.25) is 0 Å². The van der Waals surface area contributed by atoms with Crippen LogP contribution in [0.4, 0.5) is 0 Å². The molecule has 2 nitrogen and oxygen atoms in total. The van der Waals surface area contributed by atoms with Crippen molar-refractivity contribution in [3.8, 4) is 5.75 Å². The molecule has 18 heavy (non-hydrogen) atoms. The van der Waals surface area contributed by atoms with Crippen LogP contribution in [0.3, 0.4) is 0 Å². The lowest BCUT2D eigenvalue weighted by Crippen LogP contribution is -2.04. The molecule has 0 aromatic heterocycles. The maximum Gasteiger partial charge on any atom is 0.125 e. The first-order valence-electron chi connectivity index (χ1n) is 5.87. The highest BCUT2D eigenvalue weighted by atomic mass is 35.5. The van der Waals surface area contributed by atoms with E-state index in [1.165, 1.54) is 0 Å². The predicted octanol–water partition coefficient (Wildman–Crippen LogP) is 3.82. The molecule has 94 valence electrons. The molecule has 2 aromatic carbocycles. The molecule has 0 spiro atoms. The average molecular weight is 263 g/mol. The van der Waals surface area contributed by atoms with Gasteiger partial charge in [0.25, 0.3) is 0 Å². The minimum Gasteiger partial charge on any atom is -0.493 e. The molecule has 1 N–H and O–H groups in total. The molecule has 2 aromatic rings. The molecule has 1 atom stereocenters. The van der Waals surface area contributed by atoms with Crippen molar-refractivity contribution >= 4 is 11.6 Å². The molecule has 1 unspecified atom stereocenters. The van der Waals surface area contributed by atoms with Gasteiger partial charge in [-0.15, -0.1) is 0 Å². The highest BCUT2D eigenvalue weighted by Crippen LogP contribution is 2.32. The van der Waals surface area contributed by atoms with E-state index in [1.54, 1.807) is 18.2 Å². The van der Waals surface area contributed by atoms with E-state index in [2.05, 4.69) is 0 Å². The number of aliphatic hydroxyl groups is 1. The Morgan fingerprint density at radius 1 is 1.17 bits per heavy atom. The average Bonchev–Trinajstić information content (AvgIpc) is 2.41. The van der Waals surface area contributed by atoms with Crippen LogP contribution < -0.4 is 4.74 Å². The van der Waals surface area contributed by atoms with E-state index >= 15 is 0 Å². The lowest BCUT2D eigenvalue weighted by molar-refractivity contribution is 0.212. The standard InChI is InChI=1S/C15H15ClO2/c1-2-18-14-9-8-12(16)10-13(14)15(17)11-6-4-3-5-7-11/h3-10,15,17H,2H2,1H3. The Kier molecular flexibility index (Phi) is 4.24. The zero-order valence-electron chi connectivity index (χ0n) is 10.1. The SMILES string of the molecule is CCOc1ccc(Cl)cc1C(O)c1ccccc1. The van der Waals surface area contributed by atoms with E-state index in [-0.39, 0.29) is 0 Å². The van der Waals surface area contributed by atoms with Gasteiger partial charge in [0.05, 0.1) is 6.61 Å². The third-order valence-electron chi connectivity index (χ3n) is 2.68. The van der Waals surface area contributed by atoms with Crippen molar-refractivity contribution in [2.75, 3.05) is 6.61 Å². The molecule has 0 aliphatic carbocycles. The van der Waals surface area contributed by atoms with Crippen molar-refractivity contribution in [1.29, 1.82) is 0 Å². The minimum atomic E-state index is -0.730. The van der Waals surface area contributed by atoms with E-state index in [0.717, 1.165) is 5.56 Å². The second-order valence-electron chi connectivity index (χ2n) is 3.93. The van der Waals surface area contributed by atoms with Crippen LogP contribution in [-0.4, -0.2) is 11.7 Å². The van der Waals surface area contributed by atoms with E-state index in [4.69, 9.17) is 16.3 Å². The van der Waals surface area contributed by atoms with E-state index in [9.17, 15) is 5.11 Å². The van der Waals surface area contributed by atoms with Gasteiger partial charge in [0.1, 0.15) is 11.9 Å². The predicted molar refractivity (Wildman–Crippen MR) is 73.1 cm³/mol. The van der Waals surface area contributed by atoms with Crippen LogP contribution in [0.1, 0.15) is 24.2 Å². The molecule has 0 fully saturated rings. The minimum absolute atomic E-state index is 0.552. The fourth-order valence-electron chi connectivity index (χ4n) is 1.83. The number of halogens is 1. The maximum absolute atomic E-state index is 10.4. The van der Waals surface area contributed by atoms with E-state index in [0.29, 0.717) is 22.9 Å². The number of rotatable bonds is 4. The second kappa shape index (κ2) is 5.89. The van der Waals surface area contributed by atoms with Gasteiger partial charge in [0.15, 0.2) is 0 Å². The molecular weight excluding hydrogens is 248 g/mol. The summed E-state index contributed by atoms with van der Waals surface area (Å²) in [6.45, 7) is 2.46. The quantitative estimate of drug-likeness (QED) is 0.908. The van der Waals surface area contributed by atoms with Crippen LogP contribution >= 0.6 is 11.6 Å². The van der Waals surface area contributed by atoms with E-state index in [1.807, 2.05) is 37.3 Å². The molecule has 0 bridgehead atoms. The van der Waals surface area contributed by atoms with E-state index < -0.39 is 6.10 Å². The number of benzene rings is 2. The fourth-order valence-corrected chi connectivity index (χ4v) is 2.02. The van der Waals surface area contributed by atoms with Crippen molar-refractivity contribution in [3.05, 3.63) is 64.7 Å². The van der Waals surface area contributed by atoms with Gasteiger partial charge in [-0.2, -0.15) is 0 Å². The van der Waals surface area contributed by atoms with Gasteiger partial charge in [-0.05, 0) is 30.7 Å². The lowest BCUT2D eigenvalue weighted by atomic mass is 10.0. The third-order valence-corrected chi connectivity index (χ3v) is 2.92. The fraction of sp³-hybridized carbons (Fsp3) is 0.200. The van der Waals surface area contributed by atoms with Gasteiger partial charge in [-0.3, -0.25) is 0 Å². The summed E-state index contributed by atoms with van der Waals surface area (Å²) in [7, 11) is 0. The van der Waals surface area contributed by atoms with Gasteiger partial charge in [-0.25, -0.2) is 0 Å². The zero-order valence-corrected chi connectivity index (χ0v) is 10.9.